The van der Waals surface area contributed by atoms with Crippen LogP contribution in [0.5, 0.6) is 5.75 Å². The van der Waals surface area contributed by atoms with E-state index in [0.29, 0.717) is 17.7 Å². The summed E-state index contributed by atoms with van der Waals surface area (Å²) in [6.45, 7) is 3.44. The maximum absolute atomic E-state index is 5.84. The zero-order chi connectivity index (χ0) is 9.26. The molecule has 1 aliphatic rings. The predicted molar refractivity (Wildman–Crippen MR) is 51.4 cm³/mol. The van der Waals surface area contributed by atoms with Crippen molar-refractivity contribution >= 4 is 11.6 Å². The smallest absolute Gasteiger partial charge is 0.123 e. The number of halogens is 1. The third kappa shape index (κ3) is 2.36. The molecule has 1 aromatic carbocycles. The number of hydrogen-bond donors (Lipinski definition) is 0. The van der Waals surface area contributed by atoms with E-state index in [1.54, 1.807) is 0 Å². The van der Waals surface area contributed by atoms with E-state index in [0.717, 1.165) is 17.9 Å². The summed E-state index contributed by atoms with van der Waals surface area (Å²) < 4.78 is 10.6. The van der Waals surface area contributed by atoms with E-state index in [9.17, 15) is 0 Å². The number of ether oxygens (including phenoxy) is 2. The highest BCUT2D eigenvalue weighted by Gasteiger charge is 2.23. The fourth-order valence-corrected chi connectivity index (χ4v) is 1.24. The molecule has 1 atom stereocenters. The molecule has 2 rings (SSSR count). The molecule has 13 heavy (non-hydrogen) atoms. The molecule has 1 saturated heterocycles. The molecule has 0 unspecified atom stereocenters. The van der Waals surface area contributed by atoms with E-state index in [4.69, 9.17) is 21.1 Å². The number of benzene rings is 1. The summed E-state index contributed by atoms with van der Waals surface area (Å²) in [5.41, 5.74) is 1.10. The average Bonchev–Trinajstić information content (AvgIpc) is 2.90. The van der Waals surface area contributed by atoms with Crippen LogP contribution in [0.2, 0.25) is 5.02 Å². The van der Waals surface area contributed by atoms with Gasteiger partial charge in [-0.3, -0.25) is 0 Å². The zero-order valence-electron chi connectivity index (χ0n) is 7.42. The van der Waals surface area contributed by atoms with E-state index in [2.05, 4.69) is 0 Å². The summed E-state index contributed by atoms with van der Waals surface area (Å²) in [6, 6.07) is 5.64. The topological polar surface area (TPSA) is 21.8 Å². The van der Waals surface area contributed by atoms with Crippen molar-refractivity contribution in [2.75, 3.05) is 13.2 Å². The first kappa shape index (κ1) is 8.85. The standard InChI is InChI=1S/C10H11ClO2/c1-7-2-3-8(11)4-10(7)13-6-9-5-12-9/h2-4,9H,5-6H2,1H3/t9-/m0/s1. The molecule has 0 aromatic heterocycles. The first-order chi connectivity index (χ1) is 6.25. The van der Waals surface area contributed by atoms with Gasteiger partial charge >= 0.3 is 0 Å². The molecule has 1 aromatic rings. The Hall–Kier alpha value is -0.730. The van der Waals surface area contributed by atoms with Gasteiger partial charge < -0.3 is 9.47 Å². The van der Waals surface area contributed by atoms with Gasteiger partial charge in [-0.25, -0.2) is 0 Å². The van der Waals surface area contributed by atoms with Crippen molar-refractivity contribution in [2.24, 2.45) is 0 Å². The molecule has 70 valence electrons. The summed E-state index contributed by atoms with van der Waals surface area (Å²) in [5.74, 6) is 0.850. The van der Waals surface area contributed by atoms with E-state index in [-0.39, 0.29) is 0 Å². The number of epoxide rings is 1. The van der Waals surface area contributed by atoms with Gasteiger partial charge in [0.2, 0.25) is 0 Å². The number of aryl methyl sites for hydroxylation is 1. The second-order valence-electron chi connectivity index (χ2n) is 3.18. The van der Waals surface area contributed by atoms with Crippen LogP contribution in [0.25, 0.3) is 0 Å². The van der Waals surface area contributed by atoms with E-state index in [1.165, 1.54) is 0 Å². The molecule has 0 aliphatic carbocycles. The average molecular weight is 199 g/mol. The monoisotopic (exact) mass is 198 g/mol. The van der Waals surface area contributed by atoms with Gasteiger partial charge in [-0.05, 0) is 24.6 Å². The molecule has 0 spiro atoms. The van der Waals surface area contributed by atoms with Crippen molar-refractivity contribution < 1.29 is 9.47 Å². The van der Waals surface area contributed by atoms with Gasteiger partial charge in [0.25, 0.3) is 0 Å². The van der Waals surface area contributed by atoms with Crippen LogP contribution in [0.3, 0.4) is 0 Å². The van der Waals surface area contributed by atoms with Gasteiger partial charge in [0, 0.05) is 5.02 Å². The molecule has 1 heterocycles. The maximum Gasteiger partial charge on any atom is 0.123 e. The van der Waals surface area contributed by atoms with Crippen molar-refractivity contribution in [3.05, 3.63) is 28.8 Å². The van der Waals surface area contributed by atoms with Gasteiger partial charge in [-0.1, -0.05) is 17.7 Å². The van der Waals surface area contributed by atoms with Gasteiger partial charge in [0.05, 0.1) is 6.61 Å². The lowest BCUT2D eigenvalue weighted by Crippen LogP contribution is -2.04. The summed E-state index contributed by atoms with van der Waals surface area (Å²) in [7, 11) is 0. The van der Waals surface area contributed by atoms with Gasteiger partial charge in [-0.15, -0.1) is 0 Å². The molecule has 0 N–H and O–H groups in total. The van der Waals surface area contributed by atoms with Gasteiger partial charge in [0.1, 0.15) is 18.5 Å². The normalized spacial score (nSPS) is 20.0. The molecule has 1 aliphatic heterocycles. The van der Waals surface area contributed by atoms with E-state index >= 15 is 0 Å². The van der Waals surface area contributed by atoms with Crippen molar-refractivity contribution in [1.82, 2.24) is 0 Å². The lowest BCUT2D eigenvalue weighted by molar-refractivity contribution is 0.262. The quantitative estimate of drug-likeness (QED) is 0.696. The lowest BCUT2D eigenvalue weighted by atomic mass is 10.2. The Morgan fingerprint density at radius 2 is 2.38 bits per heavy atom. The highest BCUT2D eigenvalue weighted by Crippen LogP contribution is 2.23. The van der Waals surface area contributed by atoms with Crippen LogP contribution >= 0.6 is 11.6 Å². The molecule has 3 heteroatoms. The minimum absolute atomic E-state index is 0.290. The third-order valence-corrected chi connectivity index (χ3v) is 2.21. The lowest BCUT2D eigenvalue weighted by Gasteiger charge is -2.07. The molecule has 0 radical (unpaired) electrons. The Kier molecular flexibility index (Phi) is 2.42. The van der Waals surface area contributed by atoms with Crippen LogP contribution < -0.4 is 4.74 Å². The number of rotatable bonds is 3. The summed E-state index contributed by atoms with van der Waals surface area (Å²) >= 11 is 5.84. The van der Waals surface area contributed by atoms with Gasteiger partial charge in [0.15, 0.2) is 0 Å². The summed E-state index contributed by atoms with van der Waals surface area (Å²) in [6.07, 6.45) is 0.290. The van der Waals surface area contributed by atoms with Crippen molar-refractivity contribution in [3.63, 3.8) is 0 Å². The highest BCUT2D eigenvalue weighted by atomic mass is 35.5. The van der Waals surface area contributed by atoms with Crippen molar-refractivity contribution in [1.29, 1.82) is 0 Å². The molecular weight excluding hydrogens is 188 g/mol. The molecule has 0 amide bonds. The van der Waals surface area contributed by atoms with E-state index < -0.39 is 0 Å². The third-order valence-electron chi connectivity index (χ3n) is 1.98. The fraction of sp³-hybridized carbons (Fsp3) is 0.400. The van der Waals surface area contributed by atoms with Crippen LogP contribution in [-0.2, 0) is 4.74 Å². The molecule has 0 saturated carbocycles. The summed E-state index contributed by atoms with van der Waals surface area (Å²) in [4.78, 5) is 0. The largest absolute Gasteiger partial charge is 0.490 e. The highest BCUT2D eigenvalue weighted by molar-refractivity contribution is 6.30. The van der Waals surface area contributed by atoms with Crippen LogP contribution in [0.4, 0.5) is 0 Å². The van der Waals surface area contributed by atoms with E-state index in [1.807, 2.05) is 25.1 Å². The predicted octanol–water partition coefficient (Wildman–Crippen LogP) is 2.43. The van der Waals surface area contributed by atoms with Crippen LogP contribution in [0.1, 0.15) is 5.56 Å². The molecule has 0 bridgehead atoms. The second kappa shape index (κ2) is 3.56. The van der Waals surface area contributed by atoms with Crippen LogP contribution in [0, 0.1) is 6.92 Å². The Balaban J connectivity index is 2.03. The first-order valence-electron chi connectivity index (χ1n) is 4.26. The summed E-state index contributed by atoms with van der Waals surface area (Å²) in [5, 5.41) is 0.706. The fourth-order valence-electron chi connectivity index (χ4n) is 1.08. The molecule has 2 nitrogen and oxygen atoms in total. The Morgan fingerprint density at radius 3 is 3.08 bits per heavy atom. The van der Waals surface area contributed by atoms with Crippen molar-refractivity contribution in [3.8, 4) is 5.75 Å². The van der Waals surface area contributed by atoms with Crippen molar-refractivity contribution in [2.45, 2.75) is 13.0 Å². The minimum Gasteiger partial charge on any atom is -0.490 e. The molecule has 1 fully saturated rings. The second-order valence-corrected chi connectivity index (χ2v) is 3.61. The van der Waals surface area contributed by atoms with Crippen LogP contribution in [-0.4, -0.2) is 19.3 Å². The van der Waals surface area contributed by atoms with Crippen LogP contribution in [0.15, 0.2) is 18.2 Å². The SMILES string of the molecule is Cc1ccc(Cl)cc1OC[C@@H]1CO1. The first-order valence-corrected chi connectivity index (χ1v) is 4.64. The Bertz CT molecular complexity index is 308. The minimum atomic E-state index is 0.290. The Labute approximate surface area is 82.4 Å². The van der Waals surface area contributed by atoms with Gasteiger partial charge in [-0.2, -0.15) is 0 Å². The molecular formula is C10H11ClO2. The number of hydrogen-bond acceptors (Lipinski definition) is 2. The zero-order valence-corrected chi connectivity index (χ0v) is 8.17. The Morgan fingerprint density at radius 1 is 1.62 bits per heavy atom. The maximum atomic E-state index is 5.84.